The van der Waals surface area contributed by atoms with Gasteiger partial charge in [0.1, 0.15) is 0 Å². The van der Waals surface area contributed by atoms with Gasteiger partial charge >= 0.3 is 0 Å². The van der Waals surface area contributed by atoms with E-state index in [1.54, 1.807) is 0 Å². The molecule has 2 unspecified atom stereocenters. The molecule has 0 bridgehead atoms. The fourth-order valence-electron chi connectivity index (χ4n) is 2.19. The van der Waals surface area contributed by atoms with Crippen molar-refractivity contribution < 1.29 is 22.3 Å². The zero-order chi connectivity index (χ0) is 14.0. The van der Waals surface area contributed by atoms with Crippen LogP contribution in [0.1, 0.15) is 19.3 Å². The predicted octanol–water partition coefficient (Wildman–Crippen LogP) is 1.40. The number of halogens is 2. The molecule has 19 heavy (non-hydrogen) atoms. The average Bonchev–Trinajstić information content (AvgIpc) is 2.76. The summed E-state index contributed by atoms with van der Waals surface area (Å²) in [6, 6.07) is 2.45. The van der Waals surface area contributed by atoms with E-state index in [0.717, 1.165) is 18.6 Å². The van der Waals surface area contributed by atoms with Crippen molar-refractivity contribution in [3.63, 3.8) is 0 Å². The van der Waals surface area contributed by atoms with E-state index >= 15 is 0 Å². The van der Waals surface area contributed by atoms with Crippen LogP contribution < -0.4 is 4.72 Å². The maximum atomic E-state index is 13.0. The highest BCUT2D eigenvalue weighted by Gasteiger charge is 2.25. The molecule has 0 amide bonds. The average molecular weight is 291 g/mol. The fourth-order valence-corrected chi connectivity index (χ4v) is 3.32. The second-order valence-corrected chi connectivity index (χ2v) is 6.53. The van der Waals surface area contributed by atoms with E-state index in [1.165, 1.54) is 0 Å². The molecule has 0 aromatic heterocycles. The van der Waals surface area contributed by atoms with Crippen LogP contribution in [0, 0.1) is 17.6 Å². The molecule has 0 saturated heterocycles. The van der Waals surface area contributed by atoms with Crippen LogP contribution in [0.25, 0.3) is 0 Å². The van der Waals surface area contributed by atoms with Crippen LogP contribution in [0.4, 0.5) is 8.78 Å². The molecular weight excluding hydrogens is 276 g/mol. The van der Waals surface area contributed by atoms with Crippen LogP contribution in [-0.2, 0) is 10.0 Å². The largest absolute Gasteiger partial charge is 0.393 e. The van der Waals surface area contributed by atoms with Gasteiger partial charge in [0.25, 0.3) is 0 Å². The van der Waals surface area contributed by atoms with Crippen molar-refractivity contribution in [1.82, 2.24) is 4.72 Å². The first-order valence-corrected chi connectivity index (χ1v) is 7.49. The quantitative estimate of drug-likeness (QED) is 0.881. The fraction of sp³-hybridized carbons (Fsp3) is 0.500. The SMILES string of the molecule is O=S(=O)(NCC1CCC(O)C1)c1ccc(F)c(F)c1. The summed E-state index contributed by atoms with van der Waals surface area (Å²) in [7, 11) is -3.84. The lowest BCUT2D eigenvalue weighted by Crippen LogP contribution is -2.29. The van der Waals surface area contributed by atoms with E-state index in [-0.39, 0.29) is 23.5 Å². The number of nitrogens with one attached hydrogen (secondary N) is 1. The van der Waals surface area contributed by atoms with E-state index in [0.29, 0.717) is 18.9 Å². The van der Waals surface area contributed by atoms with E-state index in [2.05, 4.69) is 4.72 Å². The molecule has 7 heteroatoms. The Labute approximate surface area is 110 Å². The minimum atomic E-state index is -3.84. The third kappa shape index (κ3) is 3.49. The van der Waals surface area contributed by atoms with E-state index in [9.17, 15) is 22.3 Å². The molecule has 4 nitrogen and oxygen atoms in total. The maximum Gasteiger partial charge on any atom is 0.240 e. The standard InChI is InChI=1S/C12H15F2NO3S/c13-11-4-3-10(6-12(11)14)19(17,18)15-7-8-1-2-9(16)5-8/h3-4,6,8-9,15-16H,1-2,5,7H2. The summed E-state index contributed by atoms with van der Waals surface area (Å²) in [5.41, 5.74) is 0. The van der Waals surface area contributed by atoms with Crippen molar-refractivity contribution in [1.29, 1.82) is 0 Å². The monoisotopic (exact) mass is 291 g/mol. The van der Waals surface area contributed by atoms with Gasteiger partial charge in [-0.05, 0) is 43.4 Å². The van der Waals surface area contributed by atoms with Gasteiger partial charge in [0.05, 0.1) is 11.0 Å². The van der Waals surface area contributed by atoms with Gasteiger partial charge < -0.3 is 5.11 Å². The van der Waals surface area contributed by atoms with Gasteiger partial charge in [0.2, 0.25) is 10.0 Å². The van der Waals surface area contributed by atoms with Gasteiger partial charge in [-0.2, -0.15) is 0 Å². The molecule has 0 heterocycles. The summed E-state index contributed by atoms with van der Waals surface area (Å²) in [6.07, 6.45) is 1.59. The number of hydrogen-bond donors (Lipinski definition) is 2. The number of sulfonamides is 1. The van der Waals surface area contributed by atoms with Crippen molar-refractivity contribution >= 4 is 10.0 Å². The molecule has 0 radical (unpaired) electrons. The zero-order valence-electron chi connectivity index (χ0n) is 10.1. The number of aliphatic hydroxyl groups is 1. The van der Waals surface area contributed by atoms with Crippen LogP contribution in [0.5, 0.6) is 0 Å². The van der Waals surface area contributed by atoms with Crippen molar-refractivity contribution in [2.45, 2.75) is 30.3 Å². The molecule has 1 aliphatic rings. The Morgan fingerprint density at radius 3 is 2.58 bits per heavy atom. The molecule has 2 N–H and O–H groups in total. The highest BCUT2D eigenvalue weighted by Crippen LogP contribution is 2.25. The molecule has 106 valence electrons. The second-order valence-electron chi connectivity index (χ2n) is 4.76. The number of aliphatic hydroxyl groups excluding tert-OH is 1. The molecule has 1 aromatic rings. The highest BCUT2D eigenvalue weighted by atomic mass is 32.2. The maximum absolute atomic E-state index is 13.0. The second kappa shape index (κ2) is 5.52. The van der Waals surface area contributed by atoms with E-state index in [4.69, 9.17) is 0 Å². The van der Waals surface area contributed by atoms with Gasteiger partial charge in [0.15, 0.2) is 11.6 Å². The smallest absolute Gasteiger partial charge is 0.240 e. The lowest BCUT2D eigenvalue weighted by molar-refractivity contribution is 0.178. The van der Waals surface area contributed by atoms with Crippen molar-refractivity contribution in [3.8, 4) is 0 Å². The van der Waals surface area contributed by atoms with Crippen molar-refractivity contribution in [2.75, 3.05) is 6.54 Å². The molecule has 1 aromatic carbocycles. The summed E-state index contributed by atoms with van der Waals surface area (Å²) in [5.74, 6) is -2.20. The van der Waals surface area contributed by atoms with Gasteiger partial charge in [-0.25, -0.2) is 21.9 Å². The number of rotatable bonds is 4. The Hall–Kier alpha value is -1.05. The third-order valence-electron chi connectivity index (χ3n) is 3.28. The van der Waals surface area contributed by atoms with Crippen molar-refractivity contribution in [2.24, 2.45) is 5.92 Å². The Bertz CT molecular complexity index is 562. The molecule has 1 saturated carbocycles. The summed E-state index contributed by atoms with van der Waals surface area (Å²) >= 11 is 0. The van der Waals surface area contributed by atoms with Gasteiger partial charge in [-0.15, -0.1) is 0 Å². The molecule has 0 spiro atoms. The van der Waals surface area contributed by atoms with Crippen LogP contribution in [0.15, 0.2) is 23.1 Å². The zero-order valence-corrected chi connectivity index (χ0v) is 11.0. The molecule has 2 rings (SSSR count). The number of hydrogen-bond acceptors (Lipinski definition) is 3. The summed E-state index contributed by atoms with van der Waals surface area (Å²) in [4.78, 5) is -0.301. The minimum Gasteiger partial charge on any atom is -0.393 e. The van der Waals surface area contributed by atoms with Gasteiger partial charge in [0, 0.05) is 6.54 Å². The van der Waals surface area contributed by atoms with Gasteiger partial charge in [-0.1, -0.05) is 0 Å². The van der Waals surface area contributed by atoms with E-state index in [1.807, 2.05) is 0 Å². The molecule has 0 aliphatic heterocycles. The van der Waals surface area contributed by atoms with Crippen LogP contribution in [0.3, 0.4) is 0 Å². The Morgan fingerprint density at radius 1 is 1.26 bits per heavy atom. The third-order valence-corrected chi connectivity index (χ3v) is 4.70. The Kier molecular flexibility index (Phi) is 4.17. The van der Waals surface area contributed by atoms with E-state index < -0.39 is 21.7 Å². The first kappa shape index (κ1) is 14.4. The van der Waals surface area contributed by atoms with Crippen molar-refractivity contribution in [3.05, 3.63) is 29.8 Å². The molecule has 1 aliphatic carbocycles. The predicted molar refractivity (Wildman–Crippen MR) is 64.9 cm³/mol. The van der Waals surface area contributed by atoms with Crippen LogP contribution in [-0.4, -0.2) is 26.2 Å². The topological polar surface area (TPSA) is 66.4 Å². The minimum absolute atomic E-state index is 0.0788. The summed E-state index contributed by atoms with van der Waals surface area (Å²) in [5, 5.41) is 9.34. The molecular formula is C12H15F2NO3S. The Balaban J connectivity index is 2.03. The lowest BCUT2D eigenvalue weighted by atomic mass is 10.1. The van der Waals surface area contributed by atoms with Gasteiger partial charge in [-0.3, -0.25) is 0 Å². The summed E-state index contributed by atoms with van der Waals surface area (Å²) < 4.78 is 51.8. The highest BCUT2D eigenvalue weighted by molar-refractivity contribution is 7.89. The number of benzene rings is 1. The first-order valence-electron chi connectivity index (χ1n) is 6.01. The Morgan fingerprint density at radius 2 is 2.00 bits per heavy atom. The van der Waals surface area contributed by atoms with Crippen LogP contribution in [0.2, 0.25) is 0 Å². The summed E-state index contributed by atoms with van der Waals surface area (Å²) in [6.45, 7) is 0.193. The normalized spacial score (nSPS) is 23.7. The molecule has 1 fully saturated rings. The molecule has 2 atom stereocenters. The van der Waals surface area contributed by atoms with Crippen LogP contribution >= 0.6 is 0 Å². The first-order chi connectivity index (χ1) is 8.88. The lowest BCUT2D eigenvalue weighted by Gasteiger charge is -2.11.